The van der Waals surface area contributed by atoms with Crippen LogP contribution in [0.3, 0.4) is 0 Å². The molecule has 3 nitrogen and oxygen atoms in total. The third kappa shape index (κ3) is 2.81. The Morgan fingerprint density at radius 1 is 1.28 bits per heavy atom. The van der Waals surface area contributed by atoms with Gasteiger partial charge in [0.15, 0.2) is 0 Å². The topological polar surface area (TPSA) is 59.1 Å². The number of rotatable bonds is 3. The number of aromatic nitrogens is 1. The van der Waals surface area contributed by atoms with E-state index in [1.54, 1.807) is 6.20 Å². The largest absolute Gasteiger partial charge is 0.388 e. The molecule has 1 heterocycles. The van der Waals surface area contributed by atoms with Crippen molar-refractivity contribution in [3.05, 3.63) is 58.2 Å². The van der Waals surface area contributed by atoms with Gasteiger partial charge in [-0.15, -0.1) is 0 Å². The predicted octanol–water partition coefficient (Wildman–Crippen LogP) is 2.90. The van der Waals surface area contributed by atoms with Crippen molar-refractivity contribution < 1.29 is 5.11 Å². The number of halogens is 1. The van der Waals surface area contributed by atoms with Crippen molar-refractivity contribution in [2.45, 2.75) is 19.4 Å². The Labute approximate surface area is 111 Å². The van der Waals surface area contributed by atoms with E-state index in [1.807, 2.05) is 37.3 Å². The summed E-state index contributed by atoms with van der Waals surface area (Å²) in [4.78, 5) is 4.01. The number of anilines is 1. The first-order chi connectivity index (χ1) is 8.58. The minimum absolute atomic E-state index is 0.386. The number of nitrogens with zero attached hydrogens (tertiary/aromatic N) is 1. The van der Waals surface area contributed by atoms with E-state index >= 15 is 0 Å². The Hall–Kier alpha value is -1.58. The number of aliphatic hydroxyl groups excluding tert-OH is 1. The fraction of sp³-hybridized carbons (Fsp3) is 0.214. The number of aliphatic hydroxyl groups is 1. The highest BCUT2D eigenvalue weighted by Crippen LogP contribution is 2.25. The zero-order valence-electron chi connectivity index (χ0n) is 10.1. The summed E-state index contributed by atoms with van der Waals surface area (Å²) in [6.07, 6.45) is 1.48. The molecule has 18 heavy (non-hydrogen) atoms. The first kappa shape index (κ1) is 12.9. The summed E-state index contributed by atoms with van der Waals surface area (Å²) in [5.74, 6) is 0.386. The Morgan fingerprint density at radius 2 is 1.94 bits per heavy atom. The molecule has 1 aromatic carbocycles. The Bertz CT molecular complexity index is 520. The van der Waals surface area contributed by atoms with Crippen molar-refractivity contribution in [2.24, 2.45) is 0 Å². The summed E-state index contributed by atoms with van der Waals surface area (Å²) in [5, 5.41) is 10.9. The molecule has 4 heteroatoms. The van der Waals surface area contributed by atoms with Gasteiger partial charge in [0, 0.05) is 23.2 Å². The van der Waals surface area contributed by atoms with Crippen LogP contribution in [0.15, 0.2) is 36.5 Å². The van der Waals surface area contributed by atoms with Crippen LogP contribution in [0.5, 0.6) is 0 Å². The molecule has 0 aliphatic heterocycles. The van der Waals surface area contributed by atoms with E-state index in [0.29, 0.717) is 22.8 Å². The monoisotopic (exact) mass is 262 g/mol. The van der Waals surface area contributed by atoms with E-state index in [1.165, 1.54) is 0 Å². The summed E-state index contributed by atoms with van der Waals surface area (Å²) < 4.78 is 0. The SMILES string of the molecule is Cc1ccnc(N)c1C(O)Cc1ccc(Cl)cc1. The van der Waals surface area contributed by atoms with E-state index in [4.69, 9.17) is 17.3 Å². The molecular formula is C14H15ClN2O. The Morgan fingerprint density at radius 3 is 2.56 bits per heavy atom. The Balaban J connectivity index is 2.22. The van der Waals surface area contributed by atoms with Crippen LogP contribution < -0.4 is 5.73 Å². The number of aryl methyl sites for hydroxylation is 1. The molecule has 0 amide bonds. The average molecular weight is 263 g/mol. The van der Waals surface area contributed by atoms with E-state index in [-0.39, 0.29) is 0 Å². The maximum atomic E-state index is 10.3. The zero-order chi connectivity index (χ0) is 13.1. The molecule has 1 aromatic heterocycles. The fourth-order valence-corrected chi connectivity index (χ4v) is 2.10. The molecular weight excluding hydrogens is 248 g/mol. The average Bonchev–Trinajstić information content (AvgIpc) is 2.32. The summed E-state index contributed by atoms with van der Waals surface area (Å²) in [7, 11) is 0. The number of hydrogen-bond acceptors (Lipinski definition) is 3. The van der Waals surface area contributed by atoms with Crippen LogP contribution >= 0.6 is 11.6 Å². The smallest absolute Gasteiger partial charge is 0.129 e. The number of pyridine rings is 1. The van der Waals surface area contributed by atoms with Crippen molar-refractivity contribution in [1.29, 1.82) is 0 Å². The maximum absolute atomic E-state index is 10.3. The van der Waals surface area contributed by atoms with Crippen LogP contribution in [-0.4, -0.2) is 10.1 Å². The standard InChI is InChI=1S/C14H15ClN2O/c1-9-6-7-17-14(16)13(9)12(18)8-10-2-4-11(15)5-3-10/h2-7,12,18H,8H2,1H3,(H2,16,17). The summed E-state index contributed by atoms with van der Waals surface area (Å²) in [6, 6.07) is 9.25. The van der Waals surface area contributed by atoms with Gasteiger partial charge in [0.25, 0.3) is 0 Å². The minimum atomic E-state index is -0.653. The molecule has 0 aliphatic rings. The highest BCUT2D eigenvalue weighted by atomic mass is 35.5. The summed E-state index contributed by atoms with van der Waals surface area (Å²) >= 11 is 5.82. The highest BCUT2D eigenvalue weighted by molar-refractivity contribution is 6.30. The van der Waals surface area contributed by atoms with Crippen LogP contribution in [0.25, 0.3) is 0 Å². The quantitative estimate of drug-likeness (QED) is 0.894. The molecule has 0 saturated carbocycles. The molecule has 0 radical (unpaired) electrons. The first-order valence-corrected chi connectivity index (χ1v) is 6.09. The number of hydrogen-bond donors (Lipinski definition) is 2. The second-order valence-corrected chi connectivity index (χ2v) is 4.71. The van der Waals surface area contributed by atoms with Gasteiger partial charge < -0.3 is 10.8 Å². The molecule has 94 valence electrons. The van der Waals surface area contributed by atoms with Crippen molar-refractivity contribution in [3.63, 3.8) is 0 Å². The van der Waals surface area contributed by atoms with Crippen molar-refractivity contribution >= 4 is 17.4 Å². The van der Waals surface area contributed by atoms with Crippen molar-refractivity contribution in [3.8, 4) is 0 Å². The fourth-order valence-electron chi connectivity index (χ4n) is 1.97. The number of benzene rings is 1. The molecule has 2 rings (SSSR count). The van der Waals surface area contributed by atoms with E-state index < -0.39 is 6.10 Å². The van der Waals surface area contributed by atoms with E-state index in [2.05, 4.69) is 4.98 Å². The lowest BCUT2D eigenvalue weighted by atomic mass is 9.98. The van der Waals surface area contributed by atoms with Crippen molar-refractivity contribution in [1.82, 2.24) is 4.98 Å². The van der Waals surface area contributed by atoms with Crippen LogP contribution in [0.2, 0.25) is 5.02 Å². The van der Waals surface area contributed by atoms with Gasteiger partial charge in [-0.25, -0.2) is 4.98 Å². The number of nitrogens with two attached hydrogens (primary N) is 1. The molecule has 0 spiro atoms. The van der Waals surface area contributed by atoms with Crippen LogP contribution in [0.1, 0.15) is 22.8 Å². The maximum Gasteiger partial charge on any atom is 0.129 e. The Kier molecular flexibility index (Phi) is 3.84. The molecule has 0 aliphatic carbocycles. The van der Waals surface area contributed by atoms with Crippen LogP contribution in [0.4, 0.5) is 5.82 Å². The van der Waals surface area contributed by atoms with Gasteiger partial charge in [0.1, 0.15) is 5.82 Å². The molecule has 1 unspecified atom stereocenters. The minimum Gasteiger partial charge on any atom is -0.388 e. The second kappa shape index (κ2) is 5.38. The normalized spacial score (nSPS) is 12.4. The van der Waals surface area contributed by atoms with Gasteiger partial charge in [-0.2, -0.15) is 0 Å². The lowest BCUT2D eigenvalue weighted by Gasteiger charge is -2.15. The summed E-state index contributed by atoms with van der Waals surface area (Å²) in [5.41, 5.74) is 8.47. The first-order valence-electron chi connectivity index (χ1n) is 5.71. The third-order valence-corrected chi connectivity index (χ3v) is 3.17. The van der Waals surface area contributed by atoms with E-state index in [9.17, 15) is 5.11 Å². The van der Waals surface area contributed by atoms with Gasteiger partial charge >= 0.3 is 0 Å². The van der Waals surface area contributed by atoms with Gasteiger partial charge in [-0.3, -0.25) is 0 Å². The van der Waals surface area contributed by atoms with Gasteiger partial charge in [0.2, 0.25) is 0 Å². The van der Waals surface area contributed by atoms with Crippen LogP contribution in [0, 0.1) is 6.92 Å². The lowest BCUT2D eigenvalue weighted by Crippen LogP contribution is -2.08. The lowest BCUT2D eigenvalue weighted by molar-refractivity contribution is 0.178. The predicted molar refractivity (Wildman–Crippen MR) is 73.5 cm³/mol. The van der Waals surface area contributed by atoms with Gasteiger partial charge in [-0.05, 0) is 36.2 Å². The van der Waals surface area contributed by atoms with Gasteiger partial charge in [-0.1, -0.05) is 23.7 Å². The molecule has 0 fully saturated rings. The third-order valence-electron chi connectivity index (χ3n) is 2.91. The summed E-state index contributed by atoms with van der Waals surface area (Å²) in [6.45, 7) is 1.92. The highest BCUT2D eigenvalue weighted by Gasteiger charge is 2.15. The second-order valence-electron chi connectivity index (χ2n) is 4.27. The van der Waals surface area contributed by atoms with Crippen molar-refractivity contribution in [2.75, 3.05) is 5.73 Å². The molecule has 0 saturated heterocycles. The molecule has 2 aromatic rings. The molecule has 0 bridgehead atoms. The van der Waals surface area contributed by atoms with E-state index in [0.717, 1.165) is 11.1 Å². The molecule has 1 atom stereocenters. The van der Waals surface area contributed by atoms with Gasteiger partial charge in [0.05, 0.1) is 6.10 Å². The number of nitrogen functional groups attached to an aromatic ring is 1. The zero-order valence-corrected chi connectivity index (χ0v) is 10.9. The molecule has 3 N–H and O–H groups in total. The van der Waals surface area contributed by atoms with Crippen LogP contribution in [-0.2, 0) is 6.42 Å².